The van der Waals surface area contributed by atoms with Gasteiger partial charge in [-0.05, 0) is 38.1 Å². The highest BCUT2D eigenvalue weighted by molar-refractivity contribution is 7.14. The molecule has 1 heterocycles. The first-order valence-electron chi connectivity index (χ1n) is 6.80. The number of halogens is 3. The smallest absolute Gasteiger partial charge is 0.195 e. The molecule has 1 N–H and O–H groups in total. The van der Waals surface area contributed by atoms with Gasteiger partial charge in [0.05, 0.1) is 5.56 Å². The zero-order valence-corrected chi connectivity index (χ0v) is 12.4. The average Bonchev–Trinajstić information content (AvgIpc) is 2.93. The molecule has 0 unspecified atom stereocenters. The number of nitrogens with zero attached hydrogens (tertiary/aromatic N) is 2. The molecular formula is C14H16F3N3S. The maximum absolute atomic E-state index is 13.7. The summed E-state index contributed by atoms with van der Waals surface area (Å²) in [6.07, 6.45) is 2.70. The number of benzene rings is 1. The van der Waals surface area contributed by atoms with E-state index in [0.717, 1.165) is 43.4 Å². The highest BCUT2D eigenvalue weighted by Crippen LogP contribution is 2.28. The zero-order chi connectivity index (χ0) is 15.2. The third-order valence-corrected chi connectivity index (χ3v) is 3.92. The summed E-state index contributed by atoms with van der Waals surface area (Å²) in [4.78, 5) is 0. The Morgan fingerprint density at radius 3 is 2.67 bits per heavy atom. The zero-order valence-electron chi connectivity index (χ0n) is 11.6. The van der Waals surface area contributed by atoms with Gasteiger partial charge in [0.1, 0.15) is 5.01 Å². The monoisotopic (exact) mass is 315 g/mol. The Balaban J connectivity index is 2.01. The van der Waals surface area contributed by atoms with E-state index >= 15 is 0 Å². The molecule has 2 rings (SSSR count). The molecule has 3 nitrogen and oxygen atoms in total. The standard InChI is InChI=1S/C14H16F3N3S/c1-2-7-18-8-3-4-11-19-20-14(21-11)9-5-6-10(15)13(17)12(9)16/h5-6,18H,2-4,7-8H2,1H3. The fraction of sp³-hybridized carbons (Fsp3) is 0.429. The van der Waals surface area contributed by atoms with Crippen molar-refractivity contribution in [1.82, 2.24) is 15.5 Å². The van der Waals surface area contributed by atoms with Crippen LogP contribution in [0.2, 0.25) is 0 Å². The van der Waals surface area contributed by atoms with E-state index in [0.29, 0.717) is 0 Å². The van der Waals surface area contributed by atoms with Gasteiger partial charge in [-0.25, -0.2) is 13.2 Å². The molecular weight excluding hydrogens is 299 g/mol. The van der Waals surface area contributed by atoms with Crippen LogP contribution in [0.15, 0.2) is 12.1 Å². The molecule has 2 aromatic rings. The summed E-state index contributed by atoms with van der Waals surface area (Å²) < 4.78 is 39.8. The van der Waals surface area contributed by atoms with Crippen molar-refractivity contribution in [3.63, 3.8) is 0 Å². The van der Waals surface area contributed by atoms with Gasteiger partial charge in [-0.15, -0.1) is 10.2 Å². The largest absolute Gasteiger partial charge is 0.317 e. The van der Waals surface area contributed by atoms with Crippen molar-refractivity contribution in [2.45, 2.75) is 26.2 Å². The second kappa shape index (κ2) is 7.51. The van der Waals surface area contributed by atoms with Crippen molar-refractivity contribution in [3.8, 4) is 10.6 Å². The van der Waals surface area contributed by atoms with Gasteiger partial charge < -0.3 is 5.32 Å². The molecule has 114 valence electrons. The molecule has 0 aliphatic heterocycles. The van der Waals surface area contributed by atoms with E-state index in [1.807, 2.05) is 0 Å². The normalized spacial score (nSPS) is 11.0. The molecule has 7 heteroatoms. The fourth-order valence-corrected chi connectivity index (χ4v) is 2.72. The number of nitrogens with one attached hydrogen (secondary N) is 1. The Bertz CT molecular complexity index is 601. The predicted molar refractivity (Wildman–Crippen MR) is 76.7 cm³/mol. The molecule has 0 radical (unpaired) electrons. The van der Waals surface area contributed by atoms with Crippen molar-refractivity contribution < 1.29 is 13.2 Å². The Morgan fingerprint density at radius 2 is 1.90 bits per heavy atom. The quantitative estimate of drug-likeness (QED) is 0.627. The van der Waals surface area contributed by atoms with Crippen LogP contribution in [-0.4, -0.2) is 23.3 Å². The molecule has 0 spiro atoms. The molecule has 21 heavy (non-hydrogen) atoms. The Labute approximate surface area is 125 Å². The van der Waals surface area contributed by atoms with Gasteiger partial charge in [-0.2, -0.15) is 0 Å². The summed E-state index contributed by atoms with van der Waals surface area (Å²) in [5.41, 5.74) is -0.0539. The number of aryl methyl sites for hydroxylation is 1. The van der Waals surface area contributed by atoms with E-state index in [4.69, 9.17) is 0 Å². The van der Waals surface area contributed by atoms with Gasteiger partial charge >= 0.3 is 0 Å². The molecule has 1 aromatic carbocycles. The first-order chi connectivity index (χ1) is 10.1. The van der Waals surface area contributed by atoms with Crippen LogP contribution in [-0.2, 0) is 6.42 Å². The first kappa shape index (κ1) is 15.9. The predicted octanol–water partition coefficient (Wildman–Crippen LogP) is 3.55. The SMILES string of the molecule is CCCNCCCc1nnc(-c2ccc(F)c(F)c2F)s1. The molecule has 0 aliphatic carbocycles. The molecule has 0 atom stereocenters. The van der Waals surface area contributed by atoms with Gasteiger partial charge in [-0.3, -0.25) is 0 Å². The molecule has 0 fully saturated rings. The number of hydrogen-bond acceptors (Lipinski definition) is 4. The van der Waals surface area contributed by atoms with Gasteiger partial charge in [0.15, 0.2) is 22.5 Å². The van der Waals surface area contributed by atoms with Crippen LogP contribution in [0.25, 0.3) is 10.6 Å². The van der Waals surface area contributed by atoms with Crippen LogP contribution in [0.5, 0.6) is 0 Å². The second-order valence-corrected chi connectivity index (χ2v) is 5.64. The summed E-state index contributed by atoms with van der Waals surface area (Å²) in [6.45, 7) is 3.95. The lowest BCUT2D eigenvalue weighted by Gasteiger charge is -2.00. The highest BCUT2D eigenvalue weighted by Gasteiger charge is 2.17. The first-order valence-corrected chi connectivity index (χ1v) is 7.62. The van der Waals surface area contributed by atoms with E-state index in [1.54, 1.807) is 0 Å². The van der Waals surface area contributed by atoms with E-state index in [9.17, 15) is 13.2 Å². The van der Waals surface area contributed by atoms with E-state index in [1.165, 1.54) is 17.4 Å². The van der Waals surface area contributed by atoms with Crippen LogP contribution >= 0.6 is 11.3 Å². The van der Waals surface area contributed by atoms with Crippen molar-refractivity contribution in [2.75, 3.05) is 13.1 Å². The third-order valence-electron chi connectivity index (χ3n) is 2.90. The van der Waals surface area contributed by atoms with Crippen molar-refractivity contribution in [1.29, 1.82) is 0 Å². The molecule has 0 amide bonds. The molecule has 0 saturated heterocycles. The average molecular weight is 315 g/mol. The maximum atomic E-state index is 13.7. The number of hydrogen-bond donors (Lipinski definition) is 1. The Morgan fingerprint density at radius 1 is 1.10 bits per heavy atom. The lowest BCUT2D eigenvalue weighted by Crippen LogP contribution is -2.16. The maximum Gasteiger partial charge on any atom is 0.195 e. The molecule has 0 aliphatic rings. The van der Waals surface area contributed by atoms with Crippen molar-refractivity contribution in [2.24, 2.45) is 0 Å². The van der Waals surface area contributed by atoms with Crippen LogP contribution in [0, 0.1) is 17.5 Å². The third kappa shape index (κ3) is 4.01. The minimum atomic E-state index is -1.48. The number of rotatable bonds is 7. The van der Waals surface area contributed by atoms with Crippen LogP contribution in [0.4, 0.5) is 13.2 Å². The lowest BCUT2D eigenvalue weighted by atomic mass is 10.2. The lowest BCUT2D eigenvalue weighted by molar-refractivity contribution is 0.449. The summed E-state index contributed by atoms with van der Waals surface area (Å²) in [5, 5.41) is 12.1. The topological polar surface area (TPSA) is 37.8 Å². The minimum Gasteiger partial charge on any atom is -0.317 e. The van der Waals surface area contributed by atoms with E-state index < -0.39 is 17.5 Å². The molecule has 1 aromatic heterocycles. The van der Waals surface area contributed by atoms with Crippen molar-refractivity contribution >= 4 is 11.3 Å². The Hall–Kier alpha value is -1.47. The van der Waals surface area contributed by atoms with E-state index in [-0.39, 0.29) is 10.6 Å². The second-order valence-electron chi connectivity index (χ2n) is 4.58. The molecule has 0 bridgehead atoms. The highest BCUT2D eigenvalue weighted by atomic mass is 32.1. The van der Waals surface area contributed by atoms with Gasteiger partial charge in [0, 0.05) is 6.42 Å². The van der Waals surface area contributed by atoms with Crippen LogP contribution < -0.4 is 5.32 Å². The minimum absolute atomic E-state index is 0.0539. The summed E-state index contributed by atoms with van der Waals surface area (Å²) >= 11 is 1.20. The number of aromatic nitrogens is 2. The summed E-state index contributed by atoms with van der Waals surface area (Å²) in [7, 11) is 0. The molecule has 0 saturated carbocycles. The van der Waals surface area contributed by atoms with E-state index in [2.05, 4.69) is 22.4 Å². The van der Waals surface area contributed by atoms with Crippen molar-refractivity contribution in [3.05, 3.63) is 34.6 Å². The van der Waals surface area contributed by atoms with Crippen LogP contribution in [0.3, 0.4) is 0 Å². The fourth-order valence-electron chi connectivity index (χ4n) is 1.82. The summed E-state index contributed by atoms with van der Waals surface area (Å²) in [6, 6.07) is 2.07. The Kier molecular flexibility index (Phi) is 5.69. The van der Waals surface area contributed by atoms with Gasteiger partial charge in [0.25, 0.3) is 0 Å². The summed E-state index contributed by atoms with van der Waals surface area (Å²) in [5.74, 6) is -3.90. The van der Waals surface area contributed by atoms with Gasteiger partial charge in [-0.1, -0.05) is 18.3 Å². The van der Waals surface area contributed by atoms with Crippen LogP contribution in [0.1, 0.15) is 24.8 Å². The van der Waals surface area contributed by atoms with Gasteiger partial charge in [0.2, 0.25) is 0 Å².